The zero-order valence-corrected chi connectivity index (χ0v) is 13.5. The zero-order valence-electron chi connectivity index (χ0n) is 12.7. The maximum atomic E-state index is 13.5. The summed E-state index contributed by atoms with van der Waals surface area (Å²) in [4.78, 5) is 11.7. The third-order valence-corrected chi connectivity index (χ3v) is 4.62. The molecule has 0 heterocycles. The van der Waals surface area contributed by atoms with Crippen LogP contribution in [0.5, 0.6) is 0 Å². The number of hydrogen-bond acceptors (Lipinski definition) is 3. The van der Waals surface area contributed by atoms with E-state index >= 15 is 0 Å². The summed E-state index contributed by atoms with van der Waals surface area (Å²) in [5.74, 6) is -2.11. The molecule has 6 heteroatoms. The van der Waals surface area contributed by atoms with Gasteiger partial charge in [-0.05, 0) is 42.3 Å². The van der Waals surface area contributed by atoms with Crippen LogP contribution in [0.4, 0.5) is 8.78 Å². The van der Waals surface area contributed by atoms with Crippen LogP contribution in [0.15, 0.2) is 47.4 Å². The molecule has 0 aliphatic heterocycles. The van der Waals surface area contributed by atoms with Crippen molar-refractivity contribution in [3.05, 3.63) is 65.2 Å². The van der Waals surface area contributed by atoms with Gasteiger partial charge >= 0.3 is 0 Å². The monoisotopic (exact) mass is 338 g/mol. The predicted molar refractivity (Wildman–Crippen MR) is 83.1 cm³/mol. The van der Waals surface area contributed by atoms with Gasteiger partial charge in [0.2, 0.25) is 0 Å². The van der Waals surface area contributed by atoms with Gasteiger partial charge in [-0.15, -0.1) is 0 Å². The van der Waals surface area contributed by atoms with Crippen LogP contribution in [0.1, 0.15) is 30.4 Å². The van der Waals surface area contributed by atoms with Gasteiger partial charge in [-0.2, -0.15) is 0 Å². The first-order valence-electron chi connectivity index (χ1n) is 6.92. The van der Waals surface area contributed by atoms with Crippen LogP contribution >= 0.6 is 0 Å². The highest BCUT2D eigenvalue weighted by Crippen LogP contribution is 2.30. The largest absolute Gasteiger partial charge is 0.300 e. The second kappa shape index (κ2) is 6.58. The predicted octanol–water partition coefficient (Wildman–Crippen LogP) is 3.48. The van der Waals surface area contributed by atoms with Crippen molar-refractivity contribution < 1.29 is 22.0 Å². The SMILES string of the molecule is CC(=O)C[C@H](c1ccc(S(C)(=O)=O)cc1)c1cc(F)cc(F)c1. The zero-order chi connectivity index (χ0) is 17.2. The van der Waals surface area contributed by atoms with Crippen molar-refractivity contribution in [2.24, 2.45) is 0 Å². The Balaban J connectivity index is 2.48. The fourth-order valence-electron chi connectivity index (χ4n) is 2.44. The molecule has 2 aromatic carbocycles. The number of sulfone groups is 1. The van der Waals surface area contributed by atoms with Gasteiger partial charge in [0.05, 0.1) is 4.90 Å². The Morgan fingerprint density at radius 1 is 1.00 bits per heavy atom. The minimum Gasteiger partial charge on any atom is -0.300 e. The molecule has 0 amide bonds. The van der Waals surface area contributed by atoms with E-state index in [1.165, 1.54) is 31.2 Å². The molecule has 0 fully saturated rings. The maximum Gasteiger partial charge on any atom is 0.175 e. The lowest BCUT2D eigenvalue weighted by atomic mass is 9.87. The summed E-state index contributed by atoms with van der Waals surface area (Å²) >= 11 is 0. The lowest BCUT2D eigenvalue weighted by molar-refractivity contribution is -0.117. The minimum absolute atomic E-state index is 0.0706. The van der Waals surface area contributed by atoms with E-state index < -0.39 is 27.4 Å². The van der Waals surface area contributed by atoms with Crippen LogP contribution < -0.4 is 0 Å². The fourth-order valence-corrected chi connectivity index (χ4v) is 3.07. The Labute approximate surface area is 133 Å². The number of rotatable bonds is 5. The lowest BCUT2D eigenvalue weighted by Gasteiger charge is -2.17. The van der Waals surface area contributed by atoms with E-state index in [0.29, 0.717) is 11.1 Å². The second-order valence-corrected chi connectivity index (χ2v) is 7.52. The molecule has 0 spiro atoms. The van der Waals surface area contributed by atoms with Gasteiger partial charge in [-0.1, -0.05) is 12.1 Å². The molecule has 0 saturated carbocycles. The van der Waals surface area contributed by atoms with Crippen LogP contribution in [-0.4, -0.2) is 20.5 Å². The topological polar surface area (TPSA) is 51.2 Å². The summed E-state index contributed by atoms with van der Waals surface area (Å²) in [5.41, 5.74) is 0.961. The highest BCUT2D eigenvalue weighted by molar-refractivity contribution is 7.90. The lowest BCUT2D eigenvalue weighted by Crippen LogP contribution is -2.08. The first-order chi connectivity index (χ1) is 10.7. The smallest absolute Gasteiger partial charge is 0.175 e. The Hall–Kier alpha value is -2.08. The normalized spacial score (nSPS) is 12.9. The summed E-state index contributed by atoms with van der Waals surface area (Å²) in [6.45, 7) is 1.40. The Morgan fingerprint density at radius 2 is 1.52 bits per heavy atom. The highest BCUT2D eigenvalue weighted by atomic mass is 32.2. The van der Waals surface area contributed by atoms with Crippen LogP contribution in [0.25, 0.3) is 0 Å². The van der Waals surface area contributed by atoms with E-state index in [4.69, 9.17) is 0 Å². The third-order valence-electron chi connectivity index (χ3n) is 3.49. The molecular formula is C17H16F2O3S. The van der Waals surface area contributed by atoms with Gasteiger partial charge in [0.25, 0.3) is 0 Å². The number of carbonyl (C=O) groups excluding carboxylic acids is 1. The van der Waals surface area contributed by atoms with E-state index in [0.717, 1.165) is 12.3 Å². The molecule has 2 rings (SSSR count). The van der Waals surface area contributed by atoms with Gasteiger partial charge in [-0.3, -0.25) is 4.79 Å². The average molecular weight is 338 g/mol. The molecule has 23 heavy (non-hydrogen) atoms. The molecule has 0 aliphatic rings. The second-order valence-electron chi connectivity index (χ2n) is 5.50. The van der Waals surface area contributed by atoms with Gasteiger partial charge in [0, 0.05) is 24.7 Å². The Morgan fingerprint density at radius 3 is 1.96 bits per heavy atom. The van der Waals surface area contributed by atoms with Crippen molar-refractivity contribution in [3.63, 3.8) is 0 Å². The molecule has 0 unspecified atom stereocenters. The molecule has 0 saturated heterocycles. The number of ketones is 1. The Bertz CT molecular complexity index is 807. The quantitative estimate of drug-likeness (QED) is 0.839. The highest BCUT2D eigenvalue weighted by Gasteiger charge is 2.19. The first kappa shape index (κ1) is 17.3. The number of Topliss-reactive ketones (excluding diaryl/α,β-unsaturated/α-hetero) is 1. The average Bonchev–Trinajstić information content (AvgIpc) is 2.42. The van der Waals surface area contributed by atoms with Crippen molar-refractivity contribution in [2.45, 2.75) is 24.2 Å². The molecule has 1 atom stereocenters. The van der Waals surface area contributed by atoms with Crippen LogP contribution in [0, 0.1) is 11.6 Å². The first-order valence-corrected chi connectivity index (χ1v) is 8.81. The summed E-state index contributed by atoms with van der Waals surface area (Å²) < 4.78 is 49.9. The number of hydrogen-bond donors (Lipinski definition) is 0. The fraction of sp³-hybridized carbons (Fsp3) is 0.235. The summed E-state index contributed by atoms with van der Waals surface area (Å²) in [6.07, 6.45) is 1.16. The summed E-state index contributed by atoms with van der Waals surface area (Å²) in [6, 6.07) is 9.10. The number of carbonyl (C=O) groups is 1. The molecule has 0 bridgehead atoms. The van der Waals surface area contributed by atoms with Crippen LogP contribution in [0.3, 0.4) is 0 Å². The van der Waals surface area contributed by atoms with Crippen LogP contribution in [-0.2, 0) is 14.6 Å². The molecule has 0 aromatic heterocycles. The van der Waals surface area contributed by atoms with E-state index in [-0.39, 0.29) is 17.1 Å². The molecular weight excluding hydrogens is 322 g/mol. The van der Waals surface area contributed by atoms with E-state index in [1.807, 2.05) is 0 Å². The van der Waals surface area contributed by atoms with Gasteiger partial charge in [0.15, 0.2) is 9.84 Å². The van der Waals surface area contributed by atoms with Crippen molar-refractivity contribution in [1.82, 2.24) is 0 Å². The Kier molecular flexibility index (Phi) is 4.94. The van der Waals surface area contributed by atoms with Gasteiger partial charge in [-0.25, -0.2) is 17.2 Å². The third kappa shape index (κ3) is 4.45. The molecule has 3 nitrogen and oxygen atoms in total. The standard InChI is InChI=1S/C17H16F2O3S/c1-11(20)7-17(13-8-14(18)10-15(19)9-13)12-3-5-16(6-4-12)23(2,21)22/h3-6,8-10,17H,7H2,1-2H3/t17-/m1/s1. The minimum atomic E-state index is -3.33. The summed E-state index contributed by atoms with van der Waals surface area (Å²) in [7, 11) is -3.33. The van der Waals surface area contributed by atoms with Crippen molar-refractivity contribution in [1.29, 1.82) is 0 Å². The molecule has 0 aliphatic carbocycles. The van der Waals surface area contributed by atoms with Crippen LogP contribution in [0.2, 0.25) is 0 Å². The van der Waals surface area contributed by atoms with Gasteiger partial charge < -0.3 is 0 Å². The molecule has 122 valence electrons. The van der Waals surface area contributed by atoms with Crippen molar-refractivity contribution in [2.75, 3.05) is 6.26 Å². The number of benzene rings is 2. The van der Waals surface area contributed by atoms with E-state index in [2.05, 4.69) is 0 Å². The van der Waals surface area contributed by atoms with E-state index in [1.54, 1.807) is 12.1 Å². The molecule has 0 radical (unpaired) electrons. The van der Waals surface area contributed by atoms with E-state index in [9.17, 15) is 22.0 Å². The van der Waals surface area contributed by atoms with Crippen molar-refractivity contribution in [3.8, 4) is 0 Å². The molecule has 0 N–H and O–H groups in total. The number of halogens is 2. The van der Waals surface area contributed by atoms with Gasteiger partial charge in [0.1, 0.15) is 17.4 Å². The summed E-state index contributed by atoms with van der Waals surface area (Å²) in [5, 5.41) is 0. The van der Waals surface area contributed by atoms with Crippen molar-refractivity contribution >= 4 is 15.6 Å². The molecule has 2 aromatic rings. The maximum absolute atomic E-state index is 13.5.